The fourth-order valence-electron chi connectivity index (χ4n) is 3.15. The highest BCUT2D eigenvalue weighted by atomic mass is 16.5. The molecule has 0 saturated carbocycles. The van der Waals surface area contributed by atoms with Crippen LogP contribution in [-0.4, -0.2) is 43.3 Å². The molecule has 0 radical (unpaired) electrons. The molecular formula is C17H28N2O. The quantitative estimate of drug-likeness (QED) is 0.915. The van der Waals surface area contributed by atoms with Gasteiger partial charge in [0.25, 0.3) is 0 Å². The molecule has 112 valence electrons. The first-order valence-electron chi connectivity index (χ1n) is 7.64. The minimum Gasteiger partial charge on any atom is -0.376 e. The third kappa shape index (κ3) is 3.40. The van der Waals surface area contributed by atoms with Gasteiger partial charge in [0.15, 0.2) is 0 Å². The number of benzene rings is 1. The van der Waals surface area contributed by atoms with Crippen LogP contribution in [0.5, 0.6) is 0 Å². The lowest BCUT2D eigenvalue weighted by Crippen LogP contribution is -2.54. The Labute approximate surface area is 123 Å². The molecule has 1 N–H and O–H groups in total. The lowest BCUT2D eigenvalue weighted by atomic mass is 9.96. The van der Waals surface area contributed by atoms with E-state index >= 15 is 0 Å². The van der Waals surface area contributed by atoms with Crippen LogP contribution in [0, 0.1) is 6.92 Å². The minimum absolute atomic E-state index is 0.323. The molecule has 0 aliphatic carbocycles. The molecule has 3 heteroatoms. The van der Waals surface area contributed by atoms with Gasteiger partial charge < -0.3 is 10.1 Å². The summed E-state index contributed by atoms with van der Waals surface area (Å²) in [5.74, 6) is 0. The zero-order chi connectivity index (χ0) is 14.7. The topological polar surface area (TPSA) is 24.5 Å². The van der Waals surface area contributed by atoms with Crippen LogP contribution in [0.15, 0.2) is 24.3 Å². The number of nitrogens with zero attached hydrogens (tertiary/aromatic N) is 1. The molecule has 4 unspecified atom stereocenters. The first kappa shape index (κ1) is 15.5. The van der Waals surface area contributed by atoms with Gasteiger partial charge in [-0.2, -0.15) is 0 Å². The van der Waals surface area contributed by atoms with Gasteiger partial charge in [-0.25, -0.2) is 0 Å². The molecule has 1 aliphatic rings. The molecule has 4 atom stereocenters. The summed E-state index contributed by atoms with van der Waals surface area (Å²) in [4.78, 5) is 2.56. The molecule has 1 aliphatic heterocycles. The van der Waals surface area contributed by atoms with Crippen LogP contribution < -0.4 is 5.32 Å². The molecule has 20 heavy (non-hydrogen) atoms. The van der Waals surface area contributed by atoms with Gasteiger partial charge in [0.05, 0.1) is 12.7 Å². The highest BCUT2D eigenvalue weighted by Crippen LogP contribution is 2.25. The summed E-state index contributed by atoms with van der Waals surface area (Å²) >= 11 is 0. The van der Waals surface area contributed by atoms with Crippen molar-refractivity contribution < 1.29 is 4.74 Å². The van der Waals surface area contributed by atoms with E-state index in [1.807, 2.05) is 0 Å². The molecule has 2 rings (SSSR count). The number of rotatable bonds is 4. The summed E-state index contributed by atoms with van der Waals surface area (Å²) in [5, 5.41) is 3.49. The number of ether oxygens (including phenoxy) is 1. The normalized spacial score (nSPS) is 27.2. The van der Waals surface area contributed by atoms with Gasteiger partial charge in [0.1, 0.15) is 0 Å². The smallest absolute Gasteiger partial charge is 0.0674 e. The fraction of sp³-hybridized carbons (Fsp3) is 0.647. The van der Waals surface area contributed by atoms with E-state index in [1.54, 1.807) is 0 Å². The van der Waals surface area contributed by atoms with Crippen LogP contribution in [0.2, 0.25) is 0 Å². The van der Waals surface area contributed by atoms with Gasteiger partial charge in [-0.15, -0.1) is 0 Å². The second-order valence-electron chi connectivity index (χ2n) is 6.11. The van der Waals surface area contributed by atoms with Gasteiger partial charge in [-0.1, -0.05) is 29.8 Å². The summed E-state index contributed by atoms with van der Waals surface area (Å²) in [6, 6.07) is 10.1. The van der Waals surface area contributed by atoms with Crippen molar-refractivity contribution in [1.82, 2.24) is 10.2 Å². The van der Waals surface area contributed by atoms with Crippen LogP contribution in [0.1, 0.15) is 37.9 Å². The number of nitrogens with one attached hydrogen (secondary N) is 1. The number of hydrogen-bond acceptors (Lipinski definition) is 3. The monoisotopic (exact) mass is 276 g/mol. The van der Waals surface area contributed by atoms with Crippen LogP contribution in [-0.2, 0) is 4.74 Å². The van der Waals surface area contributed by atoms with E-state index in [9.17, 15) is 0 Å². The Kier molecular flexibility index (Phi) is 5.19. The van der Waals surface area contributed by atoms with E-state index in [1.165, 1.54) is 11.1 Å². The molecule has 1 aromatic carbocycles. The van der Waals surface area contributed by atoms with Crippen molar-refractivity contribution >= 4 is 0 Å². The Balaban J connectivity index is 2.15. The number of aryl methyl sites for hydroxylation is 1. The largest absolute Gasteiger partial charge is 0.376 e. The Bertz CT molecular complexity index is 418. The van der Waals surface area contributed by atoms with Gasteiger partial charge in [-0.3, -0.25) is 4.90 Å². The van der Waals surface area contributed by atoms with E-state index in [2.05, 4.69) is 69.2 Å². The Hall–Kier alpha value is -0.900. The Morgan fingerprint density at radius 3 is 2.50 bits per heavy atom. The Morgan fingerprint density at radius 2 is 1.90 bits per heavy atom. The second-order valence-corrected chi connectivity index (χ2v) is 6.11. The fourth-order valence-corrected chi connectivity index (χ4v) is 3.15. The molecule has 1 saturated heterocycles. The van der Waals surface area contributed by atoms with E-state index in [0.29, 0.717) is 24.2 Å². The highest BCUT2D eigenvalue weighted by Gasteiger charge is 2.31. The molecule has 3 nitrogen and oxygen atoms in total. The average molecular weight is 276 g/mol. The van der Waals surface area contributed by atoms with Crippen molar-refractivity contribution in [3.63, 3.8) is 0 Å². The number of morpholine rings is 1. The zero-order valence-electron chi connectivity index (χ0n) is 13.4. The van der Waals surface area contributed by atoms with E-state index in [0.717, 1.165) is 13.2 Å². The van der Waals surface area contributed by atoms with Gasteiger partial charge >= 0.3 is 0 Å². The van der Waals surface area contributed by atoms with Crippen molar-refractivity contribution in [1.29, 1.82) is 0 Å². The molecule has 0 aromatic heterocycles. The molecule has 0 spiro atoms. The second kappa shape index (κ2) is 6.70. The van der Waals surface area contributed by atoms with Crippen LogP contribution in [0.25, 0.3) is 0 Å². The van der Waals surface area contributed by atoms with Crippen molar-refractivity contribution in [2.75, 3.05) is 20.2 Å². The zero-order valence-corrected chi connectivity index (χ0v) is 13.4. The Morgan fingerprint density at radius 1 is 1.25 bits per heavy atom. The molecule has 0 bridgehead atoms. The van der Waals surface area contributed by atoms with Gasteiger partial charge in [0.2, 0.25) is 0 Å². The third-order valence-corrected chi connectivity index (χ3v) is 4.41. The van der Waals surface area contributed by atoms with Crippen molar-refractivity contribution in [2.24, 2.45) is 0 Å². The number of likely N-dealkylation sites (N-methyl/N-ethyl adjacent to an activating group) is 1. The number of hydrogen-bond donors (Lipinski definition) is 1. The van der Waals surface area contributed by atoms with Crippen LogP contribution in [0.4, 0.5) is 0 Å². The lowest BCUT2D eigenvalue weighted by Gasteiger charge is -2.43. The van der Waals surface area contributed by atoms with Crippen molar-refractivity contribution in [2.45, 2.75) is 51.9 Å². The first-order chi connectivity index (χ1) is 9.52. The van der Waals surface area contributed by atoms with E-state index < -0.39 is 0 Å². The van der Waals surface area contributed by atoms with Crippen molar-refractivity contribution in [3.8, 4) is 0 Å². The maximum Gasteiger partial charge on any atom is 0.0674 e. The molecule has 1 heterocycles. The maximum absolute atomic E-state index is 5.74. The summed E-state index contributed by atoms with van der Waals surface area (Å²) in [6.07, 6.45) is 0.323. The summed E-state index contributed by atoms with van der Waals surface area (Å²) < 4.78 is 5.74. The summed E-state index contributed by atoms with van der Waals surface area (Å²) in [5.41, 5.74) is 2.67. The van der Waals surface area contributed by atoms with E-state index in [-0.39, 0.29) is 0 Å². The standard InChI is InChI=1S/C17H28N2O/c1-12-6-8-16(9-7-12)17(18-5)15(4)19-10-14(3)20-11-13(19)2/h6-9,13-15,17-18H,10-11H2,1-5H3. The van der Waals surface area contributed by atoms with Crippen molar-refractivity contribution in [3.05, 3.63) is 35.4 Å². The summed E-state index contributed by atoms with van der Waals surface area (Å²) in [6.45, 7) is 10.7. The predicted molar refractivity (Wildman–Crippen MR) is 84.0 cm³/mol. The lowest BCUT2D eigenvalue weighted by molar-refractivity contribution is -0.0683. The maximum atomic E-state index is 5.74. The van der Waals surface area contributed by atoms with Crippen LogP contribution >= 0.6 is 0 Å². The van der Waals surface area contributed by atoms with Gasteiger partial charge in [-0.05, 0) is 40.3 Å². The average Bonchev–Trinajstić information content (AvgIpc) is 2.44. The third-order valence-electron chi connectivity index (χ3n) is 4.41. The summed E-state index contributed by atoms with van der Waals surface area (Å²) in [7, 11) is 2.05. The predicted octanol–water partition coefficient (Wildman–Crippen LogP) is 2.75. The van der Waals surface area contributed by atoms with Gasteiger partial charge in [0, 0.05) is 24.7 Å². The molecular weight excluding hydrogens is 248 g/mol. The van der Waals surface area contributed by atoms with Crippen LogP contribution in [0.3, 0.4) is 0 Å². The molecule has 0 amide bonds. The molecule has 1 fully saturated rings. The minimum atomic E-state index is 0.323. The van der Waals surface area contributed by atoms with E-state index in [4.69, 9.17) is 4.74 Å². The SMILES string of the molecule is CNC(c1ccc(C)cc1)C(C)N1CC(C)OCC1C. The molecule has 1 aromatic rings. The highest BCUT2D eigenvalue weighted by molar-refractivity contribution is 5.25. The first-order valence-corrected chi connectivity index (χ1v) is 7.64.